The number of ether oxygens (including phenoxy) is 1. The molecule has 8 nitrogen and oxygen atoms in total. The number of nitrogens with zero attached hydrogens (tertiary/aromatic N) is 5. The van der Waals surface area contributed by atoms with Gasteiger partial charge in [-0.1, -0.05) is 6.07 Å². The molecular weight excluding hydrogens is 368 g/mol. The predicted octanol–water partition coefficient (Wildman–Crippen LogP) is 3.08. The van der Waals surface area contributed by atoms with Gasteiger partial charge in [0.2, 0.25) is 5.95 Å². The first-order valence-electron chi connectivity index (χ1n) is 9.76. The van der Waals surface area contributed by atoms with Crippen molar-refractivity contribution in [2.75, 3.05) is 18.5 Å². The van der Waals surface area contributed by atoms with Crippen LogP contribution in [-0.4, -0.2) is 37.3 Å². The predicted molar refractivity (Wildman–Crippen MR) is 112 cm³/mol. The van der Waals surface area contributed by atoms with E-state index in [1.807, 2.05) is 25.1 Å². The largest absolute Gasteiger partial charge is 0.381 e. The molecule has 4 heterocycles. The van der Waals surface area contributed by atoms with E-state index < -0.39 is 0 Å². The number of fused-ring (bicyclic) bond motifs is 2. The van der Waals surface area contributed by atoms with Crippen molar-refractivity contribution in [3.8, 4) is 0 Å². The molecule has 1 fully saturated rings. The number of pyridine rings is 1. The summed E-state index contributed by atoms with van der Waals surface area (Å²) in [6, 6.07) is 8.14. The molecule has 8 heteroatoms. The second kappa shape index (κ2) is 6.97. The highest BCUT2D eigenvalue weighted by molar-refractivity contribution is 5.84. The topological polar surface area (TPSA) is 86.9 Å². The number of benzene rings is 1. The van der Waals surface area contributed by atoms with Crippen molar-refractivity contribution >= 4 is 33.7 Å². The molecule has 0 aliphatic carbocycles. The third kappa shape index (κ3) is 3.05. The van der Waals surface area contributed by atoms with Crippen LogP contribution in [0.5, 0.6) is 0 Å². The van der Waals surface area contributed by atoms with Gasteiger partial charge in [-0.3, -0.25) is 14.1 Å². The minimum absolute atomic E-state index is 0.0653. The molecule has 5 rings (SSSR count). The average Bonchev–Trinajstić information content (AvgIpc) is 2.99. The van der Waals surface area contributed by atoms with Gasteiger partial charge in [0.1, 0.15) is 5.52 Å². The number of hydrogen-bond donors (Lipinski definition) is 1. The molecule has 1 aromatic carbocycles. The van der Waals surface area contributed by atoms with Gasteiger partial charge in [0.05, 0.1) is 11.7 Å². The van der Waals surface area contributed by atoms with Crippen molar-refractivity contribution in [1.29, 1.82) is 0 Å². The average molecular weight is 390 g/mol. The molecule has 1 saturated heterocycles. The lowest BCUT2D eigenvalue weighted by atomic mass is 10.1. The molecule has 0 atom stereocenters. The molecule has 4 aromatic rings. The van der Waals surface area contributed by atoms with Crippen LogP contribution < -0.4 is 11.0 Å². The molecule has 29 heavy (non-hydrogen) atoms. The zero-order valence-electron chi connectivity index (χ0n) is 16.4. The zero-order chi connectivity index (χ0) is 20.0. The fourth-order valence-corrected chi connectivity index (χ4v) is 3.96. The van der Waals surface area contributed by atoms with Crippen LogP contribution in [0.1, 0.15) is 24.4 Å². The summed E-state index contributed by atoms with van der Waals surface area (Å²) in [5.74, 6) is 0.460. The first-order chi connectivity index (χ1) is 14.1. The highest BCUT2D eigenvalue weighted by atomic mass is 16.5. The number of aromatic nitrogens is 5. The van der Waals surface area contributed by atoms with Crippen molar-refractivity contribution < 1.29 is 4.74 Å². The summed E-state index contributed by atoms with van der Waals surface area (Å²) >= 11 is 0. The SMILES string of the molecule is Cc1cc2cccnc2cc1Nc1ncc2c(n1)n(C1CCOCC1)c(=O)n2C. The molecule has 3 aromatic heterocycles. The highest BCUT2D eigenvalue weighted by Gasteiger charge is 2.23. The molecular formula is C21H22N6O2. The summed E-state index contributed by atoms with van der Waals surface area (Å²) in [7, 11) is 1.76. The first kappa shape index (κ1) is 17.8. The third-order valence-electron chi connectivity index (χ3n) is 5.58. The minimum Gasteiger partial charge on any atom is -0.381 e. The number of aryl methyl sites for hydroxylation is 2. The van der Waals surface area contributed by atoms with Gasteiger partial charge in [0.15, 0.2) is 5.65 Å². The van der Waals surface area contributed by atoms with E-state index in [-0.39, 0.29) is 11.7 Å². The van der Waals surface area contributed by atoms with E-state index in [1.54, 1.807) is 28.6 Å². The second-order valence-electron chi connectivity index (χ2n) is 7.45. The number of imidazole rings is 1. The Balaban J connectivity index is 1.58. The fraction of sp³-hybridized carbons (Fsp3) is 0.333. The summed E-state index contributed by atoms with van der Waals surface area (Å²) in [6.45, 7) is 3.35. The second-order valence-corrected chi connectivity index (χ2v) is 7.45. The van der Waals surface area contributed by atoms with Crippen molar-refractivity contribution in [3.63, 3.8) is 0 Å². The van der Waals surface area contributed by atoms with E-state index in [4.69, 9.17) is 9.72 Å². The Morgan fingerprint density at radius 2 is 2.03 bits per heavy atom. The molecule has 1 N–H and O–H groups in total. The summed E-state index contributed by atoms with van der Waals surface area (Å²) in [5.41, 5.74) is 4.18. The summed E-state index contributed by atoms with van der Waals surface area (Å²) < 4.78 is 8.86. The highest BCUT2D eigenvalue weighted by Crippen LogP contribution is 2.26. The number of hydrogen-bond acceptors (Lipinski definition) is 6. The molecule has 1 aliphatic rings. The van der Waals surface area contributed by atoms with Crippen LogP contribution in [0.15, 0.2) is 41.5 Å². The van der Waals surface area contributed by atoms with Crippen LogP contribution in [-0.2, 0) is 11.8 Å². The third-order valence-corrected chi connectivity index (χ3v) is 5.58. The Kier molecular flexibility index (Phi) is 4.28. The van der Waals surface area contributed by atoms with Crippen molar-refractivity contribution in [3.05, 3.63) is 52.7 Å². The lowest BCUT2D eigenvalue weighted by Crippen LogP contribution is -2.30. The number of nitrogens with one attached hydrogen (secondary N) is 1. The normalized spacial score (nSPS) is 15.2. The Morgan fingerprint density at radius 1 is 1.21 bits per heavy atom. The van der Waals surface area contributed by atoms with Crippen molar-refractivity contribution in [1.82, 2.24) is 24.1 Å². The summed E-state index contributed by atoms with van der Waals surface area (Å²) in [6.07, 6.45) is 5.10. The zero-order valence-corrected chi connectivity index (χ0v) is 16.4. The van der Waals surface area contributed by atoms with Crippen LogP contribution in [0.2, 0.25) is 0 Å². The lowest BCUT2D eigenvalue weighted by Gasteiger charge is -2.22. The van der Waals surface area contributed by atoms with Crippen LogP contribution in [0, 0.1) is 6.92 Å². The Labute approximate surface area is 167 Å². The van der Waals surface area contributed by atoms with E-state index in [9.17, 15) is 4.79 Å². The maximum Gasteiger partial charge on any atom is 0.330 e. The number of rotatable bonds is 3. The maximum atomic E-state index is 12.8. The van der Waals surface area contributed by atoms with Gasteiger partial charge in [-0.15, -0.1) is 0 Å². The van der Waals surface area contributed by atoms with Gasteiger partial charge in [-0.2, -0.15) is 4.98 Å². The molecule has 0 radical (unpaired) electrons. The van der Waals surface area contributed by atoms with Crippen LogP contribution in [0.25, 0.3) is 22.1 Å². The molecule has 0 unspecified atom stereocenters. The fourth-order valence-electron chi connectivity index (χ4n) is 3.96. The monoisotopic (exact) mass is 390 g/mol. The van der Waals surface area contributed by atoms with E-state index >= 15 is 0 Å². The van der Waals surface area contributed by atoms with Crippen molar-refractivity contribution in [2.24, 2.45) is 7.05 Å². The van der Waals surface area contributed by atoms with Gasteiger partial charge in [-0.05, 0) is 43.5 Å². The van der Waals surface area contributed by atoms with Gasteiger partial charge in [-0.25, -0.2) is 9.78 Å². The molecule has 0 spiro atoms. The molecule has 0 amide bonds. The Bertz CT molecular complexity index is 1270. The van der Waals surface area contributed by atoms with Crippen LogP contribution >= 0.6 is 0 Å². The smallest absolute Gasteiger partial charge is 0.330 e. The standard InChI is InChI=1S/C21H22N6O2/c1-13-10-14-4-3-7-22-17(14)11-16(13)24-20-23-12-18-19(25-20)27(21(28)26(18)2)15-5-8-29-9-6-15/h3-4,7,10-12,15H,5-6,8-9H2,1-2H3,(H,23,24,25). The van der Waals surface area contributed by atoms with Gasteiger partial charge < -0.3 is 10.1 Å². The van der Waals surface area contributed by atoms with E-state index in [2.05, 4.69) is 21.4 Å². The molecule has 148 valence electrons. The van der Waals surface area contributed by atoms with Gasteiger partial charge >= 0.3 is 5.69 Å². The Hall–Kier alpha value is -3.26. The first-order valence-corrected chi connectivity index (χ1v) is 9.76. The summed E-state index contributed by atoms with van der Waals surface area (Å²) in [4.78, 5) is 26.4. The molecule has 1 aliphatic heterocycles. The summed E-state index contributed by atoms with van der Waals surface area (Å²) in [5, 5.41) is 4.39. The van der Waals surface area contributed by atoms with E-state index in [0.29, 0.717) is 24.8 Å². The maximum absolute atomic E-state index is 12.8. The van der Waals surface area contributed by atoms with Gasteiger partial charge in [0.25, 0.3) is 0 Å². The lowest BCUT2D eigenvalue weighted by molar-refractivity contribution is 0.0695. The van der Waals surface area contributed by atoms with Crippen LogP contribution in [0.3, 0.4) is 0 Å². The van der Waals surface area contributed by atoms with Gasteiger partial charge in [0, 0.05) is 43.6 Å². The quantitative estimate of drug-likeness (QED) is 0.578. The molecule has 0 saturated carbocycles. The Morgan fingerprint density at radius 3 is 2.86 bits per heavy atom. The number of anilines is 2. The van der Waals surface area contributed by atoms with E-state index in [0.717, 1.165) is 40.5 Å². The molecule has 0 bridgehead atoms. The van der Waals surface area contributed by atoms with Crippen molar-refractivity contribution in [2.45, 2.75) is 25.8 Å². The van der Waals surface area contributed by atoms with Crippen LogP contribution in [0.4, 0.5) is 11.6 Å². The van der Waals surface area contributed by atoms with E-state index in [1.165, 1.54) is 0 Å². The minimum atomic E-state index is -0.0653.